The summed E-state index contributed by atoms with van der Waals surface area (Å²) in [6.45, 7) is 2.36. The largest absolute Gasteiger partial charge is 0.457 e. The minimum Gasteiger partial charge on any atom is -0.457 e. The van der Waals surface area contributed by atoms with Gasteiger partial charge < -0.3 is 15.5 Å². The van der Waals surface area contributed by atoms with Crippen LogP contribution in [0.3, 0.4) is 0 Å². The maximum absolute atomic E-state index is 12.7. The smallest absolute Gasteiger partial charge is 0.238 e. The van der Waals surface area contributed by atoms with Gasteiger partial charge >= 0.3 is 0 Å². The van der Waals surface area contributed by atoms with Crippen LogP contribution in [0.4, 0.5) is 5.69 Å². The first-order valence-electron chi connectivity index (χ1n) is 8.35. The second-order valence-corrected chi connectivity index (χ2v) is 8.54. The van der Waals surface area contributed by atoms with Gasteiger partial charge in [0.25, 0.3) is 0 Å². The highest BCUT2D eigenvalue weighted by Gasteiger charge is 2.27. The van der Waals surface area contributed by atoms with Crippen LogP contribution in [0.1, 0.15) is 38.4 Å². The standard InChI is InChI=1S/C18H22Br2N2O2/c1-10(2-3-11-4-5-11)16(20)18(23)22-17-13-8-12(19)6-7-14(13)24-15(17)9-21/h6-8,10-11,16H,2-5,9,21H2,1H3,(H,22,23). The lowest BCUT2D eigenvalue weighted by Crippen LogP contribution is -2.29. The summed E-state index contributed by atoms with van der Waals surface area (Å²) in [5.74, 6) is 1.73. The molecular formula is C18H22Br2N2O2. The van der Waals surface area contributed by atoms with Crippen molar-refractivity contribution in [1.82, 2.24) is 0 Å². The minimum atomic E-state index is -0.223. The van der Waals surface area contributed by atoms with E-state index in [2.05, 4.69) is 44.1 Å². The molecule has 2 unspecified atom stereocenters. The number of carbonyl (C=O) groups is 1. The normalized spacial score (nSPS) is 17.0. The van der Waals surface area contributed by atoms with Crippen LogP contribution in [0.25, 0.3) is 11.0 Å². The van der Waals surface area contributed by atoms with Gasteiger partial charge in [-0.25, -0.2) is 0 Å². The third-order valence-electron chi connectivity index (χ3n) is 4.63. The summed E-state index contributed by atoms with van der Waals surface area (Å²) >= 11 is 7.03. The molecule has 2 aromatic rings. The van der Waals surface area contributed by atoms with Crippen molar-refractivity contribution in [3.05, 3.63) is 28.4 Å². The van der Waals surface area contributed by atoms with E-state index >= 15 is 0 Å². The molecule has 24 heavy (non-hydrogen) atoms. The van der Waals surface area contributed by atoms with Crippen LogP contribution in [0.5, 0.6) is 0 Å². The highest BCUT2D eigenvalue weighted by atomic mass is 79.9. The summed E-state index contributed by atoms with van der Waals surface area (Å²) in [4.78, 5) is 12.4. The minimum absolute atomic E-state index is 0.0457. The van der Waals surface area contributed by atoms with E-state index in [0.717, 1.165) is 27.8 Å². The molecule has 3 rings (SSSR count). The molecule has 1 aromatic carbocycles. The molecule has 1 heterocycles. The van der Waals surface area contributed by atoms with Crippen molar-refractivity contribution < 1.29 is 9.21 Å². The number of nitrogens with two attached hydrogens (primary N) is 1. The Labute approximate surface area is 158 Å². The van der Waals surface area contributed by atoms with Gasteiger partial charge in [0.2, 0.25) is 5.91 Å². The number of nitrogens with one attached hydrogen (secondary N) is 1. The quantitative estimate of drug-likeness (QED) is 0.562. The lowest BCUT2D eigenvalue weighted by molar-refractivity contribution is -0.116. The zero-order valence-corrected chi connectivity index (χ0v) is 16.8. The van der Waals surface area contributed by atoms with Crippen LogP contribution in [-0.4, -0.2) is 10.7 Å². The lowest BCUT2D eigenvalue weighted by Gasteiger charge is -2.18. The van der Waals surface area contributed by atoms with E-state index in [1.165, 1.54) is 19.3 Å². The van der Waals surface area contributed by atoms with Gasteiger partial charge in [-0.05, 0) is 36.5 Å². The number of hydrogen-bond acceptors (Lipinski definition) is 3. The highest BCUT2D eigenvalue weighted by Crippen LogP contribution is 2.36. The number of halogens is 2. The predicted molar refractivity (Wildman–Crippen MR) is 104 cm³/mol. The number of fused-ring (bicyclic) bond motifs is 1. The summed E-state index contributed by atoms with van der Waals surface area (Å²) in [5, 5.41) is 3.88. The Balaban J connectivity index is 1.75. The van der Waals surface area contributed by atoms with Crippen LogP contribution in [0.15, 0.2) is 27.1 Å². The first kappa shape index (κ1) is 18.0. The Morgan fingerprint density at radius 1 is 1.46 bits per heavy atom. The number of benzene rings is 1. The molecule has 6 heteroatoms. The first-order chi connectivity index (χ1) is 11.5. The number of carbonyl (C=O) groups excluding carboxylic acids is 1. The average Bonchev–Trinajstić information content (AvgIpc) is 3.34. The van der Waals surface area contributed by atoms with Crippen molar-refractivity contribution in [2.45, 2.75) is 44.0 Å². The number of anilines is 1. The number of hydrogen-bond donors (Lipinski definition) is 2. The summed E-state index contributed by atoms with van der Waals surface area (Å²) in [7, 11) is 0. The van der Waals surface area contributed by atoms with Gasteiger partial charge in [0.1, 0.15) is 11.3 Å². The summed E-state index contributed by atoms with van der Waals surface area (Å²) in [5.41, 5.74) is 7.19. The van der Waals surface area contributed by atoms with Crippen LogP contribution in [0.2, 0.25) is 0 Å². The SMILES string of the molecule is CC(CCC1CC1)C(Br)C(=O)Nc1c(CN)oc2ccc(Br)cc12. The maximum Gasteiger partial charge on any atom is 0.238 e. The van der Waals surface area contributed by atoms with Crippen LogP contribution >= 0.6 is 31.9 Å². The fourth-order valence-electron chi connectivity index (χ4n) is 2.90. The summed E-state index contributed by atoms with van der Waals surface area (Å²) < 4.78 is 6.69. The molecule has 1 fully saturated rings. The van der Waals surface area contributed by atoms with Gasteiger partial charge in [0, 0.05) is 9.86 Å². The Morgan fingerprint density at radius 3 is 2.88 bits per heavy atom. The van der Waals surface area contributed by atoms with Crippen molar-refractivity contribution in [3.63, 3.8) is 0 Å². The first-order valence-corrected chi connectivity index (χ1v) is 10.1. The second-order valence-electron chi connectivity index (χ2n) is 6.63. The second kappa shape index (κ2) is 7.58. The van der Waals surface area contributed by atoms with Crippen molar-refractivity contribution in [3.8, 4) is 0 Å². The average molecular weight is 458 g/mol. The molecule has 1 aromatic heterocycles. The van der Waals surface area contributed by atoms with Crippen molar-refractivity contribution >= 4 is 54.4 Å². The van der Waals surface area contributed by atoms with E-state index in [-0.39, 0.29) is 23.2 Å². The Kier molecular flexibility index (Phi) is 5.67. The van der Waals surface area contributed by atoms with Crippen LogP contribution in [0, 0.1) is 11.8 Å². The topological polar surface area (TPSA) is 68.3 Å². The zero-order valence-electron chi connectivity index (χ0n) is 13.6. The molecule has 0 saturated heterocycles. The van der Waals surface area contributed by atoms with E-state index < -0.39 is 0 Å². The molecule has 2 atom stereocenters. The molecule has 1 aliphatic rings. The van der Waals surface area contributed by atoms with Crippen LogP contribution in [-0.2, 0) is 11.3 Å². The van der Waals surface area contributed by atoms with E-state index in [0.29, 0.717) is 11.4 Å². The Bertz CT molecular complexity index is 740. The van der Waals surface area contributed by atoms with Gasteiger partial charge in [-0.2, -0.15) is 0 Å². The van der Waals surface area contributed by atoms with Gasteiger partial charge in [-0.15, -0.1) is 0 Å². The molecule has 1 saturated carbocycles. The molecule has 0 bridgehead atoms. The van der Waals surface area contributed by atoms with Crippen LogP contribution < -0.4 is 11.1 Å². The monoisotopic (exact) mass is 456 g/mol. The molecular weight excluding hydrogens is 436 g/mol. The molecule has 1 aliphatic carbocycles. The number of rotatable bonds is 7. The summed E-state index contributed by atoms with van der Waals surface area (Å²) in [6, 6.07) is 5.72. The number of amides is 1. The molecule has 3 N–H and O–H groups in total. The van der Waals surface area contributed by atoms with Gasteiger partial charge in [0.05, 0.1) is 17.1 Å². The third kappa shape index (κ3) is 4.03. The lowest BCUT2D eigenvalue weighted by atomic mass is 9.99. The molecule has 1 amide bonds. The molecule has 130 valence electrons. The zero-order chi connectivity index (χ0) is 17.3. The van der Waals surface area contributed by atoms with E-state index in [1.807, 2.05) is 18.2 Å². The Hall–Kier alpha value is -0.850. The fraction of sp³-hybridized carbons (Fsp3) is 0.500. The Morgan fingerprint density at radius 2 is 2.21 bits per heavy atom. The number of furan rings is 1. The highest BCUT2D eigenvalue weighted by molar-refractivity contribution is 9.10. The van der Waals surface area contributed by atoms with Gasteiger partial charge in [-0.3, -0.25) is 4.79 Å². The van der Waals surface area contributed by atoms with E-state index in [4.69, 9.17) is 10.2 Å². The molecule has 0 aliphatic heterocycles. The van der Waals surface area contributed by atoms with Crippen molar-refractivity contribution in [1.29, 1.82) is 0 Å². The predicted octanol–water partition coefficient (Wildman–Crippen LogP) is 5.18. The third-order valence-corrected chi connectivity index (χ3v) is 6.45. The molecule has 0 radical (unpaired) electrons. The van der Waals surface area contributed by atoms with Gasteiger partial charge in [0.15, 0.2) is 0 Å². The van der Waals surface area contributed by atoms with Crippen molar-refractivity contribution in [2.24, 2.45) is 17.6 Å². The fourth-order valence-corrected chi connectivity index (χ4v) is 3.64. The molecule has 0 spiro atoms. The van der Waals surface area contributed by atoms with Crippen molar-refractivity contribution in [2.75, 3.05) is 5.32 Å². The summed E-state index contributed by atoms with van der Waals surface area (Å²) in [6.07, 6.45) is 4.98. The number of alkyl halides is 1. The maximum atomic E-state index is 12.7. The van der Waals surface area contributed by atoms with E-state index in [1.54, 1.807) is 0 Å². The molecule has 4 nitrogen and oxygen atoms in total. The van der Waals surface area contributed by atoms with E-state index in [9.17, 15) is 4.79 Å². The van der Waals surface area contributed by atoms with Gasteiger partial charge in [-0.1, -0.05) is 58.0 Å².